The van der Waals surface area contributed by atoms with Gasteiger partial charge in [0, 0.05) is 31.7 Å². The van der Waals surface area contributed by atoms with Gasteiger partial charge in [0.25, 0.3) is 0 Å². The van der Waals surface area contributed by atoms with Gasteiger partial charge in [0.2, 0.25) is 0 Å². The molecule has 0 bridgehead atoms. The summed E-state index contributed by atoms with van der Waals surface area (Å²) in [6.45, 7) is 2.63. The van der Waals surface area contributed by atoms with E-state index >= 15 is 0 Å². The summed E-state index contributed by atoms with van der Waals surface area (Å²) in [5, 5.41) is 1.20. The van der Waals surface area contributed by atoms with Gasteiger partial charge in [-0.3, -0.25) is 4.98 Å². The average Bonchev–Trinajstić information content (AvgIpc) is 2.36. The maximum Gasteiger partial charge on any atom is 0.0758 e. The van der Waals surface area contributed by atoms with Crippen molar-refractivity contribution in [2.24, 2.45) is 5.73 Å². The number of rotatable bonds is 3. The number of benzene rings is 1. The second kappa shape index (κ2) is 4.72. The fourth-order valence-electron chi connectivity index (χ4n) is 2.10. The van der Waals surface area contributed by atoms with E-state index in [-0.39, 0.29) is 0 Å². The van der Waals surface area contributed by atoms with Gasteiger partial charge in [-0.2, -0.15) is 0 Å². The molecule has 3 heteroatoms. The Bertz CT molecular complexity index is 532. The maximum atomic E-state index is 5.72. The second-order valence-corrected chi connectivity index (χ2v) is 4.40. The van der Waals surface area contributed by atoms with Gasteiger partial charge in [0.1, 0.15) is 0 Å². The number of fused-ring (bicyclic) bond motifs is 1. The monoisotopic (exact) mass is 229 g/mol. The van der Waals surface area contributed by atoms with E-state index in [1.54, 1.807) is 0 Å². The molecule has 0 aliphatic heterocycles. The van der Waals surface area contributed by atoms with Crippen LogP contribution in [0.3, 0.4) is 0 Å². The lowest BCUT2D eigenvalue weighted by Gasteiger charge is -2.17. The molecule has 0 saturated carbocycles. The molecule has 17 heavy (non-hydrogen) atoms. The van der Waals surface area contributed by atoms with E-state index < -0.39 is 0 Å². The Kier molecular flexibility index (Phi) is 3.29. The third kappa shape index (κ3) is 2.11. The summed E-state index contributed by atoms with van der Waals surface area (Å²) in [6.07, 6.45) is 0.991. The number of anilines is 1. The number of pyridine rings is 1. The predicted molar refractivity (Wildman–Crippen MR) is 73.3 cm³/mol. The number of nitrogens with zero attached hydrogens (tertiary/aromatic N) is 2. The Balaban J connectivity index is 2.80. The van der Waals surface area contributed by atoms with E-state index in [0.717, 1.165) is 17.6 Å². The molecule has 0 aliphatic carbocycles. The zero-order chi connectivity index (χ0) is 12.4. The fourth-order valence-corrected chi connectivity index (χ4v) is 2.10. The first kappa shape index (κ1) is 11.9. The smallest absolute Gasteiger partial charge is 0.0758 e. The van der Waals surface area contributed by atoms with E-state index in [0.29, 0.717) is 6.54 Å². The molecular weight excluding hydrogens is 210 g/mol. The van der Waals surface area contributed by atoms with Crippen molar-refractivity contribution in [2.45, 2.75) is 19.9 Å². The molecule has 2 rings (SSSR count). The number of hydrogen-bond donors (Lipinski definition) is 1. The van der Waals surface area contributed by atoms with E-state index in [1.165, 1.54) is 16.6 Å². The van der Waals surface area contributed by atoms with Crippen LogP contribution in [-0.2, 0) is 13.0 Å². The summed E-state index contributed by atoms with van der Waals surface area (Å²) in [5.41, 5.74) is 10.2. The number of hydrogen-bond acceptors (Lipinski definition) is 3. The van der Waals surface area contributed by atoms with Crippen molar-refractivity contribution in [1.82, 2.24) is 4.98 Å². The zero-order valence-electron chi connectivity index (χ0n) is 10.7. The summed E-state index contributed by atoms with van der Waals surface area (Å²) in [5.74, 6) is 0. The zero-order valence-corrected chi connectivity index (χ0v) is 10.7. The predicted octanol–water partition coefficient (Wildman–Crippen LogP) is 2.32. The third-order valence-electron chi connectivity index (χ3n) is 3.03. The van der Waals surface area contributed by atoms with Gasteiger partial charge >= 0.3 is 0 Å². The molecule has 0 aliphatic rings. The highest BCUT2D eigenvalue weighted by Gasteiger charge is 2.09. The number of aromatic nitrogens is 1. The molecule has 0 unspecified atom stereocenters. The van der Waals surface area contributed by atoms with Crippen molar-refractivity contribution in [3.63, 3.8) is 0 Å². The first-order chi connectivity index (χ1) is 8.17. The van der Waals surface area contributed by atoms with Crippen LogP contribution in [0.15, 0.2) is 24.3 Å². The van der Waals surface area contributed by atoms with E-state index in [1.807, 2.05) is 14.1 Å². The van der Waals surface area contributed by atoms with E-state index in [2.05, 4.69) is 41.1 Å². The van der Waals surface area contributed by atoms with Gasteiger partial charge in [-0.1, -0.05) is 25.1 Å². The molecule has 1 aromatic heterocycles. The highest BCUT2D eigenvalue weighted by atomic mass is 15.1. The molecule has 0 radical (unpaired) electrons. The molecule has 2 aromatic rings. The molecule has 1 aromatic carbocycles. The Labute approximate surface area is 102 Å². The highest BCUT2D eigenvalue weighted by molar-refractivity contribution is 5.93. The van der Waals surface area contributed by atoms with E-state index in [4.69, 9.17) is 5.73 Å². The van der Waals surface area contributed by atoms with Gasteiger partial charge in [0.15, 0.2) is 0 Å². The van der Waals surface area contributed by atoms with Crippen molar-refractivity contribution in [1.29, 1.82) is 0 Å². The van der Waals surface area contributed by atoms with Crippen LogP contribution in [0.25, 0.3) is 10.9 Å². The van der Waals surface area contributed by atoms with Crippen LogP contribution in [0.1, 0.15) is 18.2 Å². The largest absolute Gasteiger partial charge is 0.377 e. The second-order valence-electron chi connectivity index (χ2n) is 4.40. The molecule has 0 saturated heterocycles. The van der Waals surface area contributed by atoms with Crippen molar-refractivity contribution < 1.29 is 0 Å². The maximum absolute atomic E-state index is 5.72. The van der Waals surface area contributed by atoms with Gasteiger partial charge in [-0.15, -0.1) is 0 Å². The molecule has 1 heterocycles. The van der Waals surface area contributed by atoms with Crippen molar-refractivity contribution in [2.75, 3.05) is 19.0 Å². The Hall–Kier alpha value is -1.61. The van der Waals surface area contributed by atoms with Gasteiger partial charge in [-0.05, 0) is 18.1 Å². The Morgan fingerprint density at radius 1 is 1.29 bits per heavy atom. The van der Waals surface area contributed by atoms with Gasteiger partial charge in [0.05, 0.1) is 11.2 Å². The number of nitrogens with two attached hydrogens (primary N) is 1. The number of aryl methyl sites for hydroxylation is 1. The van der Waals surface area contributed by atoms with Crippen LogP contribution in [-0.4, -0.2) is 19.1 Å². The first-order valence-corrected chi connectivity index (χ1v) is 5.96. The molecule has 2 N–H and O–H groups in total. The van der Waals surface area contributed by atoms with Crippen LogP contribution in [0.5, 0.6) is 0 Å². The minimum atomic E-state index is 0.481. The van der Waals surface area contributed by atoms with Crippen LogP contribution in [0.2, 0.25) is 0 Å². The number of para-hydroxylation sites is 1. The van der Waals surface area contributed by atoms with Crippen molar-refractivity contribution in [3.05, 3.63) is 35.5 Å². The van der Waals surface area contributed by atoms with Crippen LogP contribution in [0, 0.1) is 0 Å². The Morgan fingerprint density at radius 3 is 2.65 bits per heavy atom. The van der Waals surface area contributed by atoms with Crippen LogP contribution >= 0.6 is 0 Å². The van der Waals surface area contributed by atoms with Crippen LogP contribution < -0.4 is 10.6 Å². The lowest BCUT2D eigenvalue weighted by molar-refractivity contribution is 0.993. The molecule has 0 spiro atoms. The summed E-state index contributed by atoms with van der Waals surface area (Å²) in [7, 11) is 4.10. The highest BCUT2D eigenvalue weighted by Crippen LogP contribution is 2.27. The fraction of sp³-hybridized carbons (Fsp3) is 0.357. The summed E-state index contributed by atoms with van der Waals surface area (Å²) in [4.78, 5) is 6.77. The molecule has 0 atom stereocenters. The minimum Gasteiger partial charge on any atom is -0.377 e. The lowest BCUT2D eigenvalue weighted by atomic mass is 10.1. The van der Waals surface area contributed by atoms with E-state index in [9.17, 15) is 0 Å². The molecular formula is C14H19N3. The van der Waals surface area contributed by atoms with Crippen molar-refractivity contribution in [3.8, 4) is 0 Å². The van der Waals surface area contributed by atoms with Gasteiger partial charge < -0.3 is 10.6 Å². The van der Waals surface area contributed by atoms with Crippen LogP contribution in [0.4, 0.5) is 5.69 Å². The SMILES string of the molecule is CCc1cccc2c(N(C)C)cc(CN)nc12. The minimum absolute atomic E-state index is 0.481. The molecule has 90 valence electrons. The summed E-state index contributed by atoms with van der Waals surface area (Å²) in [6, 6.07) is 8.42. The topological polar surface area (TPSA) is 42.1 Å². The average molecular weight is 229 g/mol. The Morgan fingerprint density at radius 2 is 2.06 bits per heavy atom. The molecule has 0 fully saturated rings. The molecule has 0 amide bonds. The first-order valence-electron chi connectivity index (χ1n) is 5.96. The summed E-state index contributed by atoms with van der Waals surface area (Å²) < 4.78 is 0. The standard InChI is InChI=1S/C14H19N3/c1-4-10-6-5-7-12-13(17(2)3)8-11(9-15)16-14(10)12/h5-8H,4,9,15H2,1-3H3. The van der Waals surface area contributed by atoms with Gasteiger partial charge in [-0.25, -0.2) is 0 Å². The lowest BCUT2D eigenvalue weighted by Crippen LogP contribution is -2.11. The normalized spacial score (nSPS) is 10.8. The quantitative estimate of drug-likeness (QED) is 0.878. The summed E-state index contributed by atoms with van der Waals surface area (Å²) >= 11 is 0. The van der Waals surface area contributed by atoms with Crippen molar-refractivity contribution >= 4 is 16.6 Å². The third-order valence-corrected chi connectivity index (χ3v) is 3.03. The molecule has 3 nitrogen and oxygen atoms in total.